The number of anilines is 1. The second kappa shape index (κ2) is 8.48. The third kappa shape index (κ3) is 3.57. The zero-order chi connectivity index (χ0) is 22.5. The predicted molar refractivity (Wildman–Crippen MR) is 131 cm³/mol. The summed E-state index contributed by atoms with van der Waals surface area (Å²) in [7, 11) is 4.20. The van der Waals surface area contributed by atoms with Crippen molar-refractivity contribution in [1.29, 1.82) is 0 Å². The first-order valence-electron chi connectivity index (χ1n) is 12.8. The summed E-state index contributed by atoms with van der Waals surface area (Å²) in [5, 5.41) is 9.50. The normalized spacial score (nSPS) is 34.0. The van der Waals surface area contributed by atoms with Crippen LogP contribution in [0.4, 0.5) is 5.69 Å². The smallest absolute Gasteiger partial charge is 0.156 e. The van der Waals surface area contributed by atoms with Gasteiger partial charge < -0.3 is 10.0 Å². The highest BCUT2D eigenvalue weighted by atomic mass is 16.2. The van der Waals surface area contributed by atoms with Crippen LogP contribution < -0.4 is 4.90 Å². The maximum Gasteiger partial charge on any atom is 0.156 e. The Labute approximate surface area is 193 Å². The molecule has 0 aromatic heterocycles. The number of fused-ring (bicyclic) bond motifs is 4. The van der Waals surface area contributed by atoms with Gasteiger partial charge in [0, 0.05) is 38.7 Å². The van der Waals surface area contributed by atoms with Gasteiger partial charge in [0.05, 0.1) is 0 Å². The van der Waals surface area contributed by atoms with Crippen LogP contribution in [0.2, 0.25) is 0 Å². The van der Waals surface area contributed by atoms with E-state index in [9.17, 15) is 9.90 Å². The summed E-state index contributed by atoms with van der Waals surface area (Å²) >= 11 is 0. The number of ketones is 1. The highest BCUT2D eigenvalue weighted by molar-refractivity contribution is 5.93. The lowest BCUT2D eigenvalue weighted by atomic mass is 9.51. The van der Waals surface area contributed by atoms with Crippen LogP contribution in [0.5, 0.6) is 0 Å². The van der Waals surface area contributed by atoms with Crippen molar-refractivity contribution in [2.45, 2.75) is 70.6 Å². The molecule has 0 spiro atoms. The van der Waals surface area contributed by atoms with Gasteiger partial charge in [-0.2, -0.15) is 0 Å². The van der Waals surface area contributed by atoms with E-state index < -0.39 is 0 Å². The summed E-state index contributed by atoms with van der Waals surface area (Å²) in [6, 6.07) is 9.26. The van der Waals surface area contributed by atoms with Crippen molar-refractivity contribution in [3.05, 3.63) is 52.6 Å². The van der Waals surface area contributed by atoms with Crippen LogP contribution in [-0.4, -0.2) is 31.6 Å². The average Bonchev–Trinajstić information content (AvgIpc) is 3.12. The van der Waals surface area contributed by atoms with Gasteiger partial charge >= 0.3 is 0 Å². The van der Waals surface area contributed by atoms with Crippen molar-refractivity contribution >= 4 is 11.5 Å². The lowest BCUT2D eigenvalue weighted by Crippen LogP contribution is -2.43. The van der Waals surface area contributed by atoms with Gasteiger partial charge in [0.25, 0.3) is 0 Å². The van der Waals surface area contributed by atoms with E-state index in [-0.39, 0.29) is 0 Å². The number of aliphatic hydroxyl groups is 1. The molecule has 4 aliphatic rings. The number of aliphatic hydroxyl groups excluding tert-OH is 1. The molecule has 2 saturated carbocycles. The largest absolute Gasteiger partial charge is 0.396 e. The van der Waals surface area contributed by atoms with Crippen molar-refractivity contribution in [3.8, 4) is 0 Å². The second-order valence-electron chi connectivity index (χ2n) is 11.2. The van der Waals surface area contributed by atoms with Gasteiger partial charge in [-0.05, 0) is 109 Å². The molecular formula is C29H39NO2. The maximum atomic E-state index is 12.2. The van der Waals surface area contributed by atoms with Gasteiger partial charge in [0.15, 0.2) is 5.78 Å². The first-order chi connectivity index (χ1) is 15.4. The van der Waals surface area contributed by atoms with Crippen molar-refractivity contribution in [1.82, 2.24) is 0 Å². The summed E-state index contributed by atoms with van der Waals surface area (Å²) in [4.78, 5) is 14.4. The van der Waals surface area contributed by atoms with Gasteiger partial charge in [-0.3, -0.25) is 4.79 Å². The van der Waals surface area contributed by atoms with Gasteiger partial charge in [-0.15, -0.1) is 0 Å². The molecule has 32 heavy (non-hydrogen) atoms. The van der Waals surface area contributed by atoms with Crippen molar-refractivity contribution < 1.29 is 9.90 Å². The Bertz CT molecular complexity index is 940. The molecule has 3 heteroatoms. The molecule has 0 radical (unpaired) electrons. The van der Waals surface area contributed by atoms with Gasteiger partial charge in [0.1, 0.15) is 0 Å². The SMILES string of the molecule is CN(C)c1ccc([C@H]2C[C@@]3(C)[C@@H](CCCO)CC[C@H]3[C@@H]3CCC4=CC(=O)CCC4=C32)cc1. The lowest BCUT2D eigenvalue weighted by Gasteiger charge is -2.53. The molecule has 3 nitrogen and oxygen atoms in total. The number of nitrogens with zero attached hydrogens (tertiary/aromatic N) is 1. The Morgan fingerprint density at radius 1 is 1.06 bits per heavy atom. The van der Waals surface area contributed by atoms with Crippen LogP contribution in [0.15, 0.2) is 47.1 Å². The Balaban J connectivity index is 1.60. The summed E-state index contributed by atoms with van der Waals surface area (Å²) in [5.74, 6) is 2.91. The summed E-state index contributed by atoms with van der Waals surface area (Å²) < 4.78 is 0. The van der Waals surface area contributed by atoms with Gasteiger partial charge in [-0.25, -0.2) is 0 Å². The molecule has 1 aromatic rings. The van der Waals surface area contributed by atoms with Crippen molar-refractivity contribution in [3.63, 3.8) is 0 Å². The fourth-order valence-corrected chi connectivity index (χ4v) is 7.88. The average molecular weight is 434 g/mol. The molecule has 1 N–H and O–H groups in total. The molecule has 4 aliphatic carbocycles. The molecule has 0 saturated heterocycles. The molecule has 0 heterocycles. The Morgan fingerprint density at radius 2 is 1.84 bits per heavy atom. The predicted octanol–water partition coefficient (Wildman–Crippen LogP) is 6.04. The number of rotatable bonds is 5. The highest BCUT2D eigenvalue weighted by Crippen LogP contribution is 2.66. The van der Waals surface area contributed by atoms with Crippen LogP contribution in [-0.2, 0) is 4.79 Å². The first-order valence-corrected chi connectivity index (χ1v) is 12.8. The van der Waals surface area contributed by atoms with E-state index in [1.807, 2.05) is 6.08 Å². The van der Waals surface area contributed by atoms with Crippen molar-refractivity contribution in [2.75, 3.05) is 25.6 Å². The standard InChI is InChI=1S/C29H39NO2/c1-29-18-26(19-6-10-22(11-7-19)30(2)3)28-24-14-12-23(32)17-20(24)8-13-25(28)27(29)15-9-21(29)5-4-16-31/h6-7,10-11,17,21,25-27,31H,4-5,8-9,12-16,18H2,1-3H3/t21-,25-,26+,27-,29-/m0/s1. The number of carbonyl (C=O) groups excluding carboxylic acids is 1. The van der Waals surface area contributed by atoms with Crippen LogP contribution in [0, 0.1) is 23.2 Å². The van der Waals surface area contributed by atoms with Crippen LogP contribution in [0.25, 0.3) is 0 Å². The zero-order valence-corrected chi connectivity index (χ0v) is 20.1. The highest BCUT2D eigenvalue weighted by Gasteiger charge is 2.56. The fourth-order valence-electron chi connectivity index (χ4n) is 7.88. The fraction of sp³-hybridized carbons (Fsp3) is 0.621. The number of hydrogen-bond donors (Lipinski definition) is 1. The van der Waals surface area contributed by atoms with Crippen LogP contribution in [0.3, 0.4) is 0 Å². The summed E-state index contributed by atoms with van der Waals surface area (Å²) in [5.41, 5.74) is 7.63. The number of allylic oxidation sites excluding steroid dienone is 4. The third-order valence-corrected chi connectivity index (χ3v) is 9.45. The second-order valence-corrected chi connectivity index (χ2v) is 11.2. The summed E-state index contributed by atoms with van der Waals surface area (Å²) in [6.45, 7) is 2.89. The molecule has 1 aromatic carbocycles. The molecule has 0 unspecified atom stereocenters. The van der Waals surface area contributed by atoms with Gasteiger partial charge in [0.2, 0.25) is 0 Å². The Morgan fingerprint density at radius 3 is 2.56 bits per heavy atom. The Kier molecular flexibility index (Phi) is 5.82. The number of carbonyl (C=O) groups is 1. The minimum atomic E-state index is 0.313. The lowest BCUT2D eigenvalue weighted by molar-refractivity contribution is -0.114. The van der Waals surface area contributed by atoms with Crippen molar-refractivity contribution in [2.24, 2.45) is 23.2 Å². The zero-order valence-electron chi connectivity index (χ0n) is 20.1. The molecule has 0 bridgehead atoms. The molecule has 2 fully saturated rings. The van der Waals surface area contributed by atoms with E-state index >= 15 is 0 Å². The van der Waals surface area contributed by atoms with E-state index in [4.69, 9.17) is 0 Å². The molecule has 5 rings (SSSR count). The van der Waals surface area contributed by atoms with E-state index in [2.05, 4.69) is 50.2 Å². The molecular weight excluding hydrogens is 394 g/mol. The van der Waals surface area contributed by atoms with Gasteiger partial charge in [-0.1, -0.05) is 24.6 Å². The van der Waals surface area contributed by atoms with E-state index in [0.29, 0.717) is 36.1 Å². The quantitative estimate of drug-likeness (QED) is 0.615. The summed E-state index contributed by atoms with van der Waals surface area (Å²) in [6.07, 6.45) is 11.8. The number of benzene rings is 1. The Hall–Kier alpha value is -1.87. The van der Waals surface area contributed by atoms with E-state index in [1.165, 1.54) is 42.5 Å². The van der Waals surface area contributed by atoms with E-state index in [1.54, 1.807) is 11.1 Å². The molecule has 172 valence electrons. The monoisotopic (exact) mass is 433 g/mol. The number of hydrogen-bond acceptors (Lipinski definition) is 3. The first kappa shape index (κ1) is 21.9. The van der Waals surface area contributed by atoms with E-state index in [0.717, 1.165) is 37.5 Å². The molecule has 0 amide bonds. The minimum Gasteiger partial charge on any atom is -0.396 e. The van der Waals surface area contributed by atoms with Crippen LogP contribution in [0.1, 0.15) is 76.2 Å². The van der Waals surface area contributed by atoms with Crippen LogP contribution >= 0.6 is 0 Å². The minimum absolute atomic E-state index is 0.313. The molecule has 5 atom stereocenters. The maximum absolute atomic E-state index is 12.2. The topological polar surface area (TPSA) is 40.5 Å². The molecule has 0 aliphatic heterocycles. The third-order valence-electron chi connectivity index (χ3n) is 9.45.